The van der Waals surface area contributed by atoms with Gasteiger partial charge in [-0.05, 0) is 48.5 Å². The number of fused-ring (bicyclic) bond motifs is 1. The van der Waals surface area contributed by atoms with Crippen LogP contribution in [-0.4, -0.2) is 20.9 Å². The minimum Gasteiger partial charge on any atom is -0.459 e. The van der Waals surface area contributed by atoms with Gasteiger partial charge in [-0.2, -0.15) is 4.80 Å². The molecule has 0 aliphatic rings. The van der Waals surface area contributed by atoms with E-state index in [0.29, 0.717) is 21.7 Å². The third-order valence-corrected chi connectivity index (χ3v) is 3.66. The quantitative estimate of drug-likeness (QED) is 0.614. The summed E-state index contributed by atoms with van der Waals surface area (Å²) in [6.07, 6.45) is 1.45. The van der Waals surface area contributed by atoms with Crippen molar-refractivity contribution in [2.24, 2.45) is 0 Å². The lowest BCUT2D eigenvalue weighted by Crippen LogP contribution is -2.10. The first kappa shape index (κ1) is 14.5. The predicted octanol–water partition coefficient (Wildman–Crippen LogP) is 3.92. The van der Waals surface area contributed by atoms with Crippen molar-refractivity contribution in [1.29, 1.82) is 0 Å². The summed E-state index contributed by atoms with van der Waals surface area (Å²) in [6.45, 7) is 0. The highest BCUT2D eigenvalue weighted by Gasteiger charge is 2.11. The van der Waals surface area contributed by atoms with E-state index in [-0.39, 0.29) is 11.7 Å². The molecule has 118 valence electrons. The number of benzene rings is 2. The maximum absolute atomic E-state index is 12.0. The van der Waals surface area contributed by atoms with Crippen molar-refractivity contribution in [2.75, 3.05) is 5.32 Å². The first-order valence-electron chi connectivity index (χ1n) is 7.17. The monoisotopic (exact) mass is 338 g/mol. The molecule has 0 saturated carbocycles. The summed E-state index contributed by atoms with van der Waals surface area (Å²) >= 11 is 6.00. The van der Waals surface area contributed by atoms with Crippen LogP contribution in [0.15, 0.2) is 65.3 Å². The van der Waals surface area contributed by atoms with Crippen LogP contribution in [0.5, 0.6) is 0 Å². The van der Waals surface area contributed by atoms with Gasteiger partial charge < -0.3 is 9.73 Å². The number of amides is 1. The van der Waals surface area contributed by atoms with Crippen molar-refractivity contribution in [3.05, 3.63) is 71.6 Å². The van der Waals surface area contributed by atoms with Crippen molar-refractivity contribution < 1.29 is 9.21 Å². The minimum atomic E-state index is -0.318. The van der Waals surface area contributed by atoms with Gasteiger partial charge in [0.25, 0.3) is 5.91 Å². The summed E-state index contributed by atoms with van der Waals surface area (Å²) in [4.78, 5) is 13.5. The van der Waals surface area contributed by atoms with E-state index in [2.05, 4.69) is 15.5 Å². The van der Waals surface area contributed by atoms with E-state index in [9.17, 15) is 4.79 Å². The van der Waals surface area contributed by atoms with Gasteiger partial charge in [-0.25, -0.2) is 0 Å². The highest BCUT2D eigenvalue weighted by molar-refractivity contribution is 6.30. The molecule has 1 amide bonds. The van der Waals surface area contributed by atoms with Gasteiger partial charge in [-0.1, -0.05) is 17.7 Å². The van der Waals surface area contributed by atoms with Crippen molar-refractivity contribution in [2.45, 2.75) is 0 Å². The predicted molar refractivity (Wildman–Crippen MR) is 90.5 cm³/mol. The number of hydrogen-bond donors (Lipinski definition) is 1. The van der Waals surface area contributed by atoms with Crippen LogP contribution < -0.4 is 5.32 Å². The number of furan rings is 1. The Kier molecular flexibility index (Phi) is 3.51. The fraction of sp³-hybridized carbons (Fsp3) is 0. The topological polar surface area (TPSA) is 73.0 Å². The molecule has 1 N–H and O–H groups in total. The molecule has 0 bridgehead atoms. The lowest BCUT2D eigenvalue weighted by Gasteiger charge is -2.01. The molecule has 0 fully saturated rings. The summed E-state index contributed by atoms with van der Waals surface area (Å²) in [5, 5.41) is 12.2. The zero-order valence-corrected chi connectivity index (χ0v) is 13.1. The average Bonchev–Trinajstić information content (AvgIpc) is 3.24. The average molecular weight is 339 g/mol. The molecule has 0 aliphatic heterocycles. The maximum Gasteiger partial charge on any atom is 0.291 e. The fourth-order valence-electron chi connectivity index (χ4n) is 2.31. The molecule has 4 aromatic rings. The van der Waals surface area contributed by atoms with Crippen LogP contribution in [0.25, 0.3) is 16.7 Å². The van der Waals surface area contributed by atoms with Gasteiger partial charge in [-0.3, -0.25) is 4.79 Å². The number of carbonyl (C=O) groups excluding carboxylic acids is 1. The molecule has 24 heavy (non-hydrogen) atoms. The van der Waals surface area contributed by atoms with E-state index in [0.717, 1.165) is 5.69 Å². The summed E-state index contributed by atoms with van der Waals surface area (Å²) < 4.78 is 5.07. The van der Waals surface area contributed by atoms with E-state index in [4.69, 9.17) is 16.0 Å². The van der Waals surface area contributed by atoms with Crippen LogP contribution in [0.3, 0.4) is 0 Å². The fourth-order valence-corrected chi connectivity index (χ4v) is 2.49. The summed E-state index contributed by atoms with van der Waals surface area (Å²) in [6, 6.07) is 15.8. The van der Waals surface area contributed by atoms with E-state index in [1.54, 1.807) is 42.5 Å². The Morgan fingerprint density at radius 3 is 2.71 bits per heavy atom. The Balaban J connectivity index is 1.65. The smallest absolute Gasteiger partial charge is 0.291 e. The van der Waals surface area contributed by atoms with E-state index in [1.165, 1.54) is 11.1 Å². The van der Waals surface area contributed by atoms with E-state index >= 15 is 0 Å². The lowest BCUT2D eigenvalue weighted by atomic mass is 10.2. The zero-order chi connectivity index (χ0) is 16.5. The molecule has 6 nitrogen and oxygen atoms in total. The Morgan fingerprint density at radius 1 is 1.04 bits per heavy atom. The van der Waals surface area contributed by atoms with Crippen molar-refractivity contribution in [3.63, 3.8) is 0 Å². The molecule has 0 atom stereocenters. The normalized spacial score (nSPS) is 10.9. The van der Waals surface area contributed by atoms with Gasteiger partial charge in [0.1, 0.15) is 11.0 Å². The summed E-state index contributed by atoms with van der Waals surface area (Å²) in [7, 11) is 0. The molecule has 2 aromatic carbocycles. The van der Waals surface area contributed by atoms with Gasteiger partial charge >= 0.3 is 0 Å². The third kappa shape index (κ3) is 2.75. The number of aromatic nitrogens is 3. The number of nitrogens with zero attached hydrogens (tertiary/aromatic N) is 3. The van der Waals surface area contributed by atoms with Gasteiger partial charge in [0.15, 0.2) is 5.76 Å². The van der Waals surface area contributed by atoms with Gasteiger partial charge in [0, 0.05) is 10.7 Å². The van der Waals surface area contributed by atoms with Gasteiger partial charge in [0.2, 0.25) is 0 Å². The van der Waals surface area contributed by atoms with Crippen molar-refractivity contribution in [1.82, 2.24) is 15.0 Å². The number of halogens is 1. The summed E-state index contributed by atoms with van der Waals surface area (Å²) in [5.41, 5.74) is 2.75. The summed E-state index contributed by atoms with van der Waals surface area (Å²) in [5.74, 6) is -0.0701. The number of rotatable bonds is 3. The van der Waals surface area contributed by atoms with E-state index in [1.807, 2.05) is 12.1 Å². The van der Waals surface area contributed by atoms with Gasteiger partial charge in [-0.15, -0.1) is 10.2 Å². The second kappa shape index (κ2) is 5.82. The van der Waals surface area contributed by atoms with Crippen LogP contribution in [0.2, 0.25) is 5.02 Å². The number of hydrogen-bond acceptors (Lipinski definition) is 4. The molecular formula is C17H11ClN4O2. The molecule has 0 saturated heterocycles. The second-order valence-corrected chi connectivity index (χ2v) is 5.54. The van der Waals surface area contributed by atoms with Gasteiger partial charge in [0.05, 0.1) is 12.0 Å². The lowest BCUT2D eigenvalue weighted by molar-refractivity contribution is 0.0996. The molecule has 2 aromatic heterocycles. The van der Waals surface area contributed by atoms with Crippen molar-refractivity contribution in [3.8, 4) is 5.69 Å². The molecule has 2 heterocycles. The minimum absolute atomic E-state index is 0.248. The van der Waals surface area contributed by atoms with Crippen LogP contribution in [0.4, 0.5) is 5.69 Å². The van der Waals surface area contributed by atoms with E-state index < -0.39 is 0 Å². The molecule has 7 heteroatoms. The second-order valence-electron chi connectivity index (χ2n) is 5.10. The first-order valence-corrected chi connectivity index (χ1v) is 7.55. The standard InChI is InChI=1S/C17H11ClN4O2/c18-11-3-1-4-13(9-11)22-20-14-7-6-12(10-15(14)21-22)19-17(23)16-5-2-8-24-16/h1-10H,(H,19,23). The Labute approximate surface area is 141 Å². The number of nitrogens with one attached hydrogen (secondary N) is 1. The largest absolute Gasteiger partial charge is 0.459 e. The first-order chi connectivity index (χ1) is 11.7. The SMILES string of the molecule is O=C(Nc1ccc2nn(-c3cccc(Cl)c3)nc2c1)c1ccco1. The maximum atomic E-state index is 12.0. The number of carbonyl (C=O) groups is 1. The Hall–Kier alpha value is -3.12. The number of anilines is 1. The molecule has 0 unspecified atom stereocenters. The zero-order valence-electron chi connectivity index (χ0n) is 12.3. The molecular weight excluding hydrogens is 328 g/mol. The Bertz CT molecular complexity index is 1020. The van der Waals surface area contributed by atoms with Crippen LogP contribution in [0, 0.1) is 0 Å². The Morgan fingerprint density at radius 2 is 1.92 bits per heavy atom. The highest BCUT2D eigenvalue weighted by atomic mass is 35.5. The van der Waals surface area contributed by atoms with Crippen LogP contribution in [-0.2, 0) is 0 Å². The van der Waals surface area contributed by atoms with Crippen LogP contribution >= 0.6 is 11.6 Å². The third-order valence-electron chi connectivity index (χ3n) is 3.42. The molecule has 0 radical (unpaired) electrons. The van der Waals surface area contributed by atoms with Crippen LogP contribution in [0.1, 0.15) is 10.6 Å². The molecule has 0 aliphatic carbocycles. The molecule has 4 rings (SSSR count). The highest BCUT2D eigenvalue weighted by Crippen LogP contribution is 2.19. The molecule has 0 spiro atoms. The van der Waals surface area contributed by atoms with Crippen molar-refractivity contribution >= 4 is 34.2 Å².